The Bertz CT molecular complexity index is 1550. The van der Waals surface area contributed by atoms with E-state index in [0.717, 1.165) is 36.0 Å². The smallest absolute Gasteiger partial charge is 0.258 e. The number of aromatic nitrogens is 5. The molecule has 6 rings (SSSR count). The molecule has 0 spiro atoms. The van der Waals surface area contributed by atoms with Crippen molar-refractivity contribution < 1.29 is 13.5 Å². The van der Waals surface area contributed by atoms with Crippen LogP contribution in [-0.4, -0.2) is 67.4 Å². The fourth-order valence-electron chi connectivity index (χ4n) is 6.03. The molecule has 0 aliphatic carbocycles. The van der Waals surface area contributed by atoms with Gasteiger partial charge in [-0.05, 0) is 50.8 Å². The highest BCUT2D eigenvalue weighted by atomic mass is 19.3. The average molecular weight is 538 g/mol. The fourth-order valence-corrected chi connectivity index (χ4v) is 6.03. The molecule has 2 fully saturated rings. The second-order valence-corrected chi connectivity index (χ2v) is 10.7. The van der Waals surface area contributed by atoms with E-state index >= 15 is 0 Å². The molecular formula is C28H33F2N7O2. The maximum absolute atomic E-state index is 14.6. The minimum absolute atomic E-state index is 0.130. The molecule has 2 saturated heterocycles. The number of pyridine rings is 1. The number of aryl methyl sites for hydroxylation is 1. The van der Waals surface area contributed by atoms with Crippen LogP contribution in [0.1, 0.15) is 50.9 Å². The first-order valence-corrected chi connectivity index (χ1v) is 13.5. The highest BCUT2D eigenvalue weighted by Crippen LogP contribution is 2.36. The number of alkyl halides is 2. The summed E-state index contributed by atoms with van der Waals surface area (Å²) >= 11 is 0. The van der Waals surface area contributed by atoms with E-state index in [1.165, 1.54) is 0 Å². The maximum Gasteiger partial charge on any atom is 0.258 e. The predicted molar refractivity (Wildman–Crippen MR) is 145 cm³/mol. The van der Waals surface area contributed by atoms with Crippen molar-refractivity contribution in [2.45, 2.75) is 63.9 Å². The van der Waals surface area contributed by atoms with Crippen molar-refractivity contribution in [1.29, 1.82) is 0 Å². The van der Waals surface area contributed by atoms with E-state index in [9.17, 15) is 13.6 Å². The van der Waals surface area contributed by atoms with Gasteiger partial charge >= 0.3 is 0 Å². The van der Waals surface area contributed by atoms with Gasteiger partial charge in [0.25, 0.3) is 12.0 Å². The summed E-state index contributed by atoms with van der Waals surface area (Å²) in [4.78, 5) is 25.6. The van der Waals surface area contributed by atoms with E-state index in [4.69, 9.17) is 9.84 Å². The van der Waals surface area contributed by atoms with Crippen LogP contribution in [0.15, 0.2) is 47.7 Å². The lowest BCUT2D eigenvalue weighted by atomic mass is 9.98. The summed E-state index contributed by atoms with van der Waals surface area (Å²) in [7, 11) is 1.74. The Labute approximate surface area is 225 Å². The number of nitrogens with zero attached hydrogens (tertiary/aromatic N) is 7. The molecule has 0 amide bonds. The number of benzene rings is 1. The average Bonchev–Trinajstić information content (AvgIpc) is 3.39. The molecule has 2 aliphatic rings. The number of piperazine rings is 1. The molecule has 3 aromatic heterocycles. The molecule has 9 nitrogen and oxygen atoms in total. The normalized spacial score (nSPS) is 23.6. The zero-order valence-electron chi connectivity index (χ0n) is 22.4. The van der Waals surface area contributed by atoms with Gasteiger partial charge in [-0.15, -0.1) is 0 Å². The summed E-state index contributed by atoms with van der Waals surface area (Å²) in [6, 6.07) is 5.39. The number of hydrogen-bond donors (Lipinski definition) is 0. The molecule has 206 valence electrons. The van der Waals surface area contributed by atoms with Crippen LogP contribution in [0.2, 0.25) is 0 Å². The lowest BCUT2D eigenvalue weighted by molar-refractivity contribution is -0.0390. The molecule has 0 bridgehead atoms. The molecule has 2 aliphatic heterocycles. The molecule has 0 radical (unpaired) electrons. The first kappa shape index (κ1) is 25.8. The molecule has 4 atom stereocenters. The van der Waals surface area contributed by atoms with E-state index in [1.54, 1.807) is 48.3 Å². The van der Waals surface area contributed by atoms with Gasteiger partial charge < -0.3 is 14.2 Å². The van der Waals surface area contributed by atoms with Gasteiger partial charge in [-0.3, -0.25) is 19.7 Å². The molecule has 11 heteroatoms. The maximum atomic E-state index is 14.6. The Hall–Kier alpha value is -3.44. The van der Waals surface area contributed by atoms with E-state index in [2.05, 4.69) is 14.9 Å². The first-order valence-electron chi connectivity index (χ1n) is 13.5. The SMILES string of the molecule is C[C@@H]1CN(c2cc(=O)n(C)c3cn(C4CCCCO4)nc23)[C@@H](C)CN1C(c1ccc2nccnc2c1)C(F)F. The zero-order chi connectivity index (χ0) is 27.3. The summed E-state index contributed by atoms with van der Waals surface area (Å²) in [5.41, 5.74) is 3.85. The van der Waals surface area contributed by atoms with Crippen LogP contribution < -0.4 is 10.5 Å². The first-order chi connectivity index (χ1) is 18.8. The summed E-state index contributed by atoms with van der Waals surface area (Å²) in [5.74, 6) is 0. The predicted octanol–water partition coefficient (Wildman–Crippen LogP) is 4.28. The van der Waals surface area contributed by atoms with Crippen molar-refractivity contribution in [2.24, 2.45) is 7.05 Å². The molecule has 5 heterocycles. The largest absolute Gasteiger partial charge is 0.364 e. The second kappa shape index (κ2) is 10.3. The lowest BCUT2D eigenvalue weighted by Gasteiger charge is -2.48. The van der Waals surface area contributed by atoms with Gasteiger partial charge in [0.1, 0.15) is 11.7 Å². The fraction of sp³-hybridized carbons (Fsp3) is 0.500. The van der Waals surface area contributed by atoms with Crippen LogP contribution in [-0.2, 0) is 11.8 Å². The van der Waals surface area contributed by atoms with Gasteiger partial charge in [0.05, 0.1) is 34.5 Å². The monoisotopic (exact) mass is 537 g/mol. The van der Waals surface area contributed by atoms with Crippen molar-refractivity contribution in [1.82, 2.24) is 29.2 Å². The Balaban J connectivity index is 1.33. The van der Waals surface area contributed by atoms with Crippen LogP contribution in [0.5, 0.6) is 0 Å². The molecule has 1 aromatic carbocycles. The van der Waals surface area contributed by atoms with Crippen LogP contribution in [0.3, 0.4) is 0 Å². The molecule has 4 aromatic rings. The Kier molecular flexibility index (Phi) is 6.80. The van der Waals surface area contributed by atoms with Gasteiger partial charge in [0.15, 0.2) is 0 Å². The quantitative estimate of drug-likeness (QED) is 0.376. The third-order valence-electron chi connectivity index (χ3n) is 8.13. The van der Waals surface area contributed by atoms with Gasteiger partial charge in [0.2, 0.25) is 0 Å². The summed E-state index contributed by atoms with van der Waals surface area (Å²) < 4.78 is 38.6. The Morgan fingerprint density at radius 1 is 1.03 bits per heavy atom. The standard InChI is InChI=1S/C28H33F2N7O2/c1-17-15-36(27(28(29)30)19-7-8-20-21(12-19)32-10-9-31-20)18(2)14-35(17)22-13-24(38)34(3)23-16-37(33-26(22)23)25-6-4-5-11-39-25/h7-10,12-13,16-18,25,27-28H,4-6,11,14-15H2,1-3H3/t17-,18+,25?,27?/m0/s1. The number of hydrogen-bond acceptors (Lipinski definition) is 7. The van der Waals surface area contributed by atoms with E-state index < -0.39 is 12.5 Å². The van der Waals surface area contributed by atoms with Crippen molar-refractivity contribution in [3.05, 3.63) is 58.8 Å². The Morgan fingerprint density at radius 3 is 2.56 bits per heavy atom. The number of halogens is 2. The van der Waals surface area contributed by atoms with E-state index in [0.29, 0.717) is 36.3 Å². The number of anilines is 1. The van der Waals surface area contributed by atoms with E-state index in [-0.39, 0.29) is 23.9 Å². The minimum atomic E-state index is -2.58. The second-order valence-electron chi connectivity index (χ2n) is 10.7. The van der Waals surface area contributed by atoms with Gasteiger partial charge in [0, 0.05) is 57.3 Å². The van der Waals surface area contributed by atoms with Crippen molar-refractivity contribution in [3.8, 4) is 0 Å². The van der Waals surface area contributed by atoms with Crippen LogP contribution in [0, 0.1) is 0 Å². The highest BCUT2D eigenvalue weighted by Gasteiger charge is 2.39. The number of rotatable bonds is 5. The lowest BCUT2D eigenvalue weighted by Crippen LogP contribution is -2.58. The van der Waals surface area contributed by atoms with Crippen LogP contribution in [0.25, 0.3) is 22.1 Å². The highest BCUT2D eigenvalue weighted by molar-refractivity contribution is 5.88. The number of fused-ring (bicyclic) bond motifs is 2. The van der Waals surface area contributed by atoms with Gasteiger partial charge in [-0.2, -0.15) is 5.10 Å². The Morgan fingerprint density at radius 2 is 1.82 bits per heavy atom. The third kappa shape index (κ3) is 4.67. The van der Waals surface area contributed by atoms with Crippen molar-refractivity contribution in [2.75, 3.05) is 24.6 Å². The summed E-state index contributed by atoms with van der Waals surface area (Å²) in [6.45, 7) is 5.54. The van der Waals surface area contributed by atoms with Crippen LogP contribution in [0.4, 0.5) is 14.5 Å². The van der Waals surface area contributed by atoms with Gasteiger partial charge in [-0.1, -0.05) is 6.07 Å². The molecular weight excluding hydrogens is 504 g/mol. The van der Waals surface area contributed by atoms with Crippen LogP contribution >= 0.6 is 0 Å². The molecule has 39 heavy (non-hydrogen) atoms. The molecule has 0 saturated carbocycles. The minimum Gasteiger partial charge on any atom is -0.364 e. The topological polar surface area (TPSA) is 81.3 Å². The zero-order valence-corrected chi connectivity index (χ0v) is 22.4. The number of ether oxygens (including phenoxy) is 1. The van der Waals surface area contributed by atoms with E-state index in [1.807, 2.05) is 29.6 Å². The van der Waals surface area contributed by atoms with Crippen molar-refractivity contribution >= 4 is 27.8 Å². The molecule has 0 N–H and O–H groups in total. The summed E-state index contributed by atoms with van der Waals surface area (Å²) in [6.07, 6.45) is 5.29. The molecule has 2 unspecified atom stereocenters. The van der Waals surface area contributed by atoms with Crippen molar-refractivity contribution in [3.63, 3.8) is 0 Å². The van der Waals surface area contributed by atoms with Gasteiger partial charge in [-0.25, -0.2) is 13.5 Å². The summed E-state index contributed by atoms with van der Waals surface area (Å²) in [5, 5.41) is 4.88. The third-order valence-corrected chi connectivity index (χ3v) is 8.13.